The molecule has 6 heteroatoms. The molecule has 1 aliphatic carbocycles. The van der Waals surface area contributed by atoms with E-state index in [4.69, 9.17) is 17.0 Å². The van der Waals surface area contributed by atoms with Gasteiger partial charge < -0.3 is 4.74 Å². The number of nitrogens with one attached hydrogen (secondary N) is 1. The number of aromatic nitrogens is 3. The lowest BCUT2D eigenvalue weighted by molar-refractivity contribution is -0.112. The highest BCUT2D eigenvalue weighted by atomic mass is 32.1. The molecule has 2 aromatic rings. The Morgan fingerprint density at radius 1 is 1.58 bits per heavy atom. The van der Waals surface area contributed by atoms with E-state index in [-0.39, 0.29) is 11.5 Å². The van der Waals surface area contributed by atoms with Gasteiger partial charge in [0.2, 0.25) is 0 Å². The second-order valence-corrected chi connectivity index (χ2v) is 6.83. The van der Waals surface area contributed by atoms with Crippen molar-refractivity contribution in [3.05, 3.63) is 22.3 Å². The molecule has 2 aromatic heterocycles. The molecule has 0 amide bonds. The van der Waals surface area contributed by atoms with Gasteiger partial charge in [-0.25, -0.2) is 0 Å². The molecule has 0 radical (unpaired) electrons. The van der Waals surface area contributed by atoms with Gasteiger partial charge in [0, 0.05) is 18.6 Å². The lowest BCUT2D eigenvalue weighted by atomic mass is 9.64. The van der Waals surface area contributed by atoms with E-state index in [2.05, 4.69) is 40.1 Å². The minimum atomic E-state index is 0.0723. The van der Waals surface area contributed by atoms with Crippen LogP contribution in [0.1, 0.15) is 26.3 Å². The average molecular weight is 295 g/mol. The summed E-state index contributed by atoms with van der Waals surface area (Å²) in [6.07, 6.45) is 1.26. The highest BCUT2D eigenvalue weighted by molar-refractivity contribution is 7.71. The smallest absolute Gasteiger partial charge is 0.195 e. The van der Waals surface area contributed by atoms with Gasteiger partial charge in [0.25, 0.3) is 0 Å². The zero-order chi connectivity index (χ0) is 13.6. The number of hydrogen-bond donors (Lipinski definition) is 1. The van der Waals surface area contributed by atoms with Gasteiger partial charge in [-0.05, 0) is 30.1 Å². The Morgan fingerprint density at radius 2 is 2.37 bits per heavy atom. The summed E-state index contributed by atoms with van der Waals surface area (Å²) in [5, 5.41) is 9.38. The van der Waals surface area contributed by atoms with Crippen molar-refractivity contribution in [3.8, 4) is 10.7 Å². The van der Waals surface area contributed by atoms with Crippen molar-refractivity contribution in [1.82, 2.24) is 14.8 Å². The van der Waals surface area contributed by atoms with Crippen LogP contribution in [-0.2, 0) is 4.74 Å². The van der Waals surface area contributed by atoms with Crippen molar-refractivity contribution in [2.75, 3.05) is 7.11 Å². The summed E-state index contributed by atoms with van der Waals surface area (Å²) in [5.41, 5.74) is 0.0723. The first kappa shape index (κ1) is 13.0. The van der Waals surface area contributed by atoms with Crippen LogP contribution < -0.4 is 0 Å². The molecule has 19 heavy (non-hydrogen) atoms. The third kappa shape index (κ3) is 1.89. The van der Waals surface area contributed by atoms with E-state index in [1.807, 2.05) is 6.07 Å². The molecule has 0 aliphatic heterocycles. The van der Waals surface area contributed by atoms with Crippen molar-refractivity contribution < 1.29 is 4.74 Å². The van der Waals surface area contributed by atoms with Crippen LogP contribution in [0.2, 0.25) is 0 Å². The molecule has 102 valence electrons. The van der Waals surface area contributed by atoms with Crippen molar-refractivity contribution in [2.45, 2.75) is 32.4 Å². The molecule has 2 atom stereocenters. The average Bonchev–Trinajstić information content (AvgIpc) is 2.99. The molecule has 0 spiro atoms. The first-order valence-corrected chi connectivity index (χ1v) is 7.58. The number of hydrogen-bond acceptors (Lipinski definition) is 4. The minimum Gasteiger partial charge on any atom is -0.381 e. The van der Waals surface area contributed by atoms with Crippen molar-refractivity contribution >= 4 is 23.6 Å². The Balaban J connectivity index is 2.03. The van der Waals surface area contributed by atoms with E-state index in [9.17, 15) is 0 Å². The second kappa shape index (κ2) is 4.54. The zero-order valence-corrected chi connectivity index (χ0v) is 12.8. The molecule has 2 unspecified atom stereocenters. The standard InChI is InChI=1S/C13H17N3OS2/c1-13(2)9(7-10(13)17-3)16-11(14-15-12(16)18)8-5-4-6-19-8/h4-6,9-10H,7H2,1-3H3,(H,15,18). The molecule has 1 saturated carbocycles. The maximum atomic E-state index is 5.52. The molecule has 2 heterocycles. The largest absolute Gasteiger partial charge is 0.381 e. The Morgan fingerprint density at radius 3 is 2.95 bits per heavy atom. The Labute approximate surface area is 121 Å². The maximum Gasteiger partial charge on any atom is 0.195 e. The van der Waals surface area contributed by atoms with Crippen LogP contribution in [0, 0.1) is 10.2 Å². The lowest BCUT2D eigenvalue weighted by Crippen LogP contribution is -2.51. The van der Waals surface area contributed by atoms with Crippen LogP contribution in [0.5, 0.6) is 0 Å². The fourth-order valence-electron chi connectivity index (χ4n) is 2.88. The van der Waals surface area contributed by atoms with Crippen LogP contribution in [0.3, 0.4) is 0 Å². The fraction of sp³-hybridized carbons (Fsp3) is 0.538. The van der Waals surface area contributed by atoms with E-state index in [0.717, 1.165) is 17.1 Å². The van der Waals surface area contributed by atoms with E-state index >= 15 is 0 Å². The van der Waals surface area contributed by atoms with Gasteiger partial charge in [-0.15, -0.1) is 11.3 Å². The van der Waals surface area contributed by atoms with Crippen molar-refractivity contribution in [2.24, 2.45) is 5.41 Å². The topological polar surface area (TPSA) is 42.8 Å². The normalized spacial score (nSPS) is 25.2. The van der Waals surface area contributed by atoms with Gasteiger partial charge in [0.05, 0.1) is 11.0 Å². The summed E-state index contributed by atoms with van der Waals surface area (Å²) < 4.78 is 8.37. The summed E-state index contributed by atoms with van der Waals surface area (Å²) in [5.74, 6) is 0.938. The van der Waals surface area contributed by atoms with Gasteiger partial charge in [-0.3, -0.25) is 9.67 Å². The fourth-order valence-corrected chi connectivity index (χ4v) is 3.85. The first-order chi connectivity index (χ1) is 9.05. The monoisotopic (exact) mass is 295 g/mol. The Kier molecular flexibility index (Phi) is 3.11. The van der Waals surface area contributed by atoms with Gasteiger partial charge in [-0.1, -0.05) is 19.9 Å². The Bertz CT molecular complexity index is 627. The number of H-pyrrole nitrogens is 1. The summed E-state index contributed by atoms with van der Waals surface area (Å²) in [6, 6.07) is 4.44. The number of methoxy groups -OCH3 is 1. The Hall–Kier alpha value is -0.980. The highest BCUT2D eigenvalue weighted by Crippen LogP contribution is 2.52. The van der Waals surface area contributed by atoms with Crippen molar-refractivity contribution in [1.29, 1.82) is 0 Å². The minimum absolute atomic E-state index is 0.0723. The van der Waals surface area contributed by atoms with Gasteiger partial charge in [-0.2, -0.15) is 5.10 Å². The summed E-state index contributed by atoms with van der Waals surface area (Å²) in [6.45, 7) is 4.45. The molecular weight excluding hydrogens is 278 g/mol. The number of ether oxygens (including phenoxy) is 1. The van der Waals surface area contributed by atoms with Gasteiger partial charge in [0.15, 0.2) is 10.6 Å². The van der Waals surface area contributed by atoms with Crippen LogP contribution in [0.25, 0.3) is 10.7 Å². The third-order valence-electron chi connectivity index (χ3n) is 4.17. The highest BCUT2D eigenvalue weighted by Gasteiger charge is 2.50. The third-order valence-corrected chi connectivity index (χ3v) is 5.32. The van der Waals surface area contributed by atoms with Gasteiger partial charge >= 0.3 is 0 Å². The predicted molar refractivity (Wildman–Crippen MR) is 79.0 cm³/mol. The summed E-state index contributed by atoms with van der Waals surface area (Å²) >= 11 is 7.09. The number of thiophene rings is 1. The van der Waals surface area contributed by atoms with Crippen LogP contribution in [0.4, 0.5) is 0 Å². The number of aromatic amines is 1. The van der Waals surface area contributed by atoms with Crippen molar-refractivity contribution in [3.63, 3.8) is 0 Å². The number of nitrogens with zero attached hydrogens (tertiary/aromatic N) is 2. The van der Waals surface area contributed by atoms with E-state index < -0.39 is 0 Å². The quantitative estimate of drug-likeness (QED) is 0.879. The molecule has 4 nitrogen and oxygen atoms in total. The SMILES string of the molecule is COC1CC(n2c(-c3cccs3)n[nH]c2=S)C1(C)C. The molecule has 1 N–H and O–H groups in total. The molecule has 1 aliphatic rings. The zero-order valence-electron chi connectivity index (χ0n) is 11.2. The van der Waals surface area contributed by atoms with Gasteiger partial charge in [0.1, 0.15) is 0 Å². The lowest BCUT2D eigenvalue weighted by Gasteiger charge is -2.51. The van der Waals surface area contributed by atoms with E-state index in [1.54, 1.807) is 18.4 Å². The van der Waals surface area contributed by atoms with Crippen LogP contribution in [-0.4, -0.2) is 28.0 Å². The van der Waals surface area contributed by atoms with Crippen LogP contribution >= 0.6 is 23.6 Å². The maximum absolute atomic E-state index is 5.52. The van der Waals surface area contributed by atoms with E-state index in [1.165, 1.54) is 0 Å². The molecule has 3 rings (SSSR count). The molecule has 0 saturated heterocycles. The van der Waals surface area contributed by atoms with Crippen LogP contribution in [0.15, 0.2) is 17.5 Å². The summed E-state index contributed by atoms with van der Waals surface area (Å²) in [7, 11) is 1.78. The molecule has 1 fully saturated rings. The summed E-state index contributed by atoms with van der Waals surface area (Å²) in [4.78, 5) is 1.14. The second-order valence-electron chi connectivity index (χ2n) is 5.50. The first-order valence-electron chi connectivity index (χ1n) is 6.29. The molecule has 0 bridgehead atoms. The van der Waals surface area contributed by atoms with E-state index in [0.29, 0.717) is 10.8 Å². The predicted octanol–water partition coefficient (Wildman–Crippen LogP) is 3.66. The number of rotatable bonds is 3. The molecule has 0 aromatic carbocycles. The molecular formula is C13H17N3OS2.